The number of hydrogen-bond donors (Lipinski definition) is 1. The van der Waals surface area contributed by atoms with Gasteiger partial charge in [-0.15, -0.1) is 10.2 Å². The van der Waals surface area contributed by atoms with Crippen molar-refractivity contribution in [2.75, 3.05) is 11.9 Å². The first-order valence-corrected chi connectivity index (χ1v) is 6.98. The molecule has 120 valence electrons. The molecule has 0 atom stereocenters. The molecule has 0 fully saturated rings. The second-order valence-electron chi connectivity index (χ2n) is 4.79. The van der Waals surface area contributed by atoms with Crippen LogP contribution in [-0.2, 0) is 0 Å². The number of hydrogen-bond acceptors (Lipinski definition) is 6. The topological polar surface area (TPSA) is 87.6 Å². The van der Waals surface area contributed by atoms with Gasteiger partial charge in [-0.1, -0.05) is 0 Å². The molecule has 0 saturated heterocycles. The molecule has 2 heterocycles. The summed E-state index contributed by atoms with van der Waals surface area (Å²) >= 11 is 0. The summed E-state index contributed by atoms with van der Waals surface area (Å²) in [6.07, 6.45) is 0.711. The Morgan fingerprint density at radius 2 is 1.79 bits per heavy atom. The molecule has 8 heteroatoms. The molecule has 0 aliphatic rings. The van der Waals surface area contributed by atoms with E-state index < -0.39 is 13.0 Å². The summed E-state index contributed by atoms with van der Waals surface area (Å²) in [4.78, 5) is 3.91. The van der Waals surface area contributed by atoms with E-state index in [1.807, 2.05) is 6.07 Å². The van der Waals surface area contributed by atoms with Crippen LogP contribution >= 0.6 is 0 Å². The number of alkyl halides is 2. The molecule has 0 amide bonds. The first-order chi connectivity index (χ1) is 11.7. The van der Waals surface area contributed by atoms with E-state index in [1.54, 1.807) is 30.6 Å². The maximum atomic E-state index is 12.3. The second kappa shape index (κ2) is 6.83. The average molecular weight is 327 g/mol. The molecule has 2 aromatic heterocycles. The quantitative estimate of drug-likeness (QED) is 0.773. The van der Waals surface area contributed by atoms with E-state index in [1.165, 1.54) is 12.1 Å². The van der Waals surface area contributed by atoms with E-state index >= 15 is 0 Å². The fourth-order valence-electron chi connectivity index (χ4n) is 2.06. The summed E-state index contributed by atoms with van der Waals surface area (Å²) in [5.41, 5.74) is 1.80. The molecule has 1 N–H and O–H groups in total. The Morgan fingerprint density at radius 3 is 2.46 bits per heavy atom. The lowest BCUT2D eigenvalue weighted by molar-refractivity contribution is 0.163. The van der Waals surface area contributed by atoms with Crippen LogP contribution in [0.4, 0.5) is 14.5 Å². The maximum Gasteiger partial charge on any atom is 0.255 e. The minimum Gasteiger partial charge on any atom is -0.416 e. The Kier molecular flexibility index (Phi) is 4.43. The molecule has 1 aromatic carbocycles. The largest absolute Gasteiger partial charge is 0.416 e. The summed E-state index contributed by atoms with van der Waals surface area (Å²) in [5, 5.41) is 19.6. The fourth-order valence-corrected chi connectivity index (χ4v) is 2.06. The summed E-state index contributed by atoms with van der Waals surface area (Å²) in [5.74, 6) is 0.560. The number of anilines is 1. The molecule has 0 radical (unpaired) electrons. The van der Waals surface area contributed by atoms with Gasteiger partial charge in [0.15, 0.2) is 0 Å². The Hall–Kier alpha value is -3.34. The van der Waals surface area contributed by atoms with Gasteiger partial charge in [-0.25, -0.2) is 8.78 Å². The lowest BCUT2D eigenvalue weighted by Crippen LogP contribution is -2.11. The van der Waals surface area contributed by atoms with Crippen molar-refractivity contribution in [1.82, 2.24) is 15.2 Å². The van der Waals surface area contributed by atoms with Crippen LogP contribution < -0.4 is 5.32 Å². The zero-order valence-corrected chi connectivity index (χ0v) is 12.3. The monoisotopic (exact) mass is 327 g/mol. The number of nitrogens with one attached hydrogen (secondary N) is 1. The van der Waals surface area contributed by atoms with Gasteiger partial charge in [-0.3, -0.25) is 4.98 Å². The molecule has 24 heavy (non-hydrogen) atoms. The third-order valence-corrected chi connectivity index (χ3v) is 3.19. The smallest absolute Gasteiger partial charge is 0.255 e. The van der Waals surface area contributed by atoms with Gasteiger partial charge in [-0.2, -0.15) is 5.26 Å². The summed E-state index contributed by atoms with van der Waals surface area (Å²) < 4.78 is 30.2. The normalized spacial score (nSPS) is 10.6. The van der Waals surface area contributed by atoms with E-state index in [9.17, 15) is 14.0 Å². The van der Waals surface area contributed by atoms with Gasteiger partial charge in [0, 0.05) is 23.5 Å². The van der Waals surface area contributed by atoms with Crippen LogP contribution in [0, 0.1) is 11.3 Å². The summed E-state index contributed by atoms with van der Waals surface area (Å²) in [7, 11) is 0. The standard InChI is InChI=1S/C16H11F2N5O/c17-14(18)9-21-13-2-1-11(7-12(13)8-19)16-23-22-15(24-16)10-3-5-20-6-4-10/h1-7,14,21H,9H2. The lowest BCUT2D eigenvalue weighted by atomic mass is 10.1. The Balaban J connectivity index is 1.88. The third kappa shape index (κ3) is 3.35. The van der Waals surface area contributed by atoms with Gasteiger partial charge in [0.1, 0.15) is 6.07 Å². The van der Waals surface area contributed by atoms with Gasteiger partial charge < -0.3 is 9.73 Å². The molecular weight excluding hydrogens is 316 g/mol. The van der Waals surface area contributed by atoms with Crippen LogP contribution in [0.5, 0.6) is 0 Å². The molecule has 0 bridgehead atoms. The van der Waals surface area contributed by atoms with E-state index in [0.29, 0.717) is 17.1 Å². The van der Waals surface area contributed by atoms with Gasteiger partial charge in [-0.05, 0) is 30.3 Å². The van der Waals surface area contributed by atoms with Crippen molar-refractivity contribution >= 4 is 5.69 Å². The highest BCUT2D eigenvalue weighted by Crippen LogP contribution is 2.26. The molecule has 0 aliphatic carbocycles. The molecule has 0 spiro atoms. The second-order valence-corrected chi connectivity index (χ2v) is 4.79. The number of nitrogens with zero attached hydrogens (tertiary/aromatic N) is 4. The SMILES string of the molecule is N#Cc1cc(-c2nnc(-c3ccncc3)o2)ccc1NCC(F)F. The Labute approximate surface area is 135 Å². The molecule has 0 unspecified atom stereocenters. The maximum absolute atomic E-state index is 12.3. The third-order valence-electron chi connectivity index (χ3n) is 3.19. The number of pyridine rings is 1. The van der Waals surface area contributed by atoms with Gasteiger partial charge in [0.05, 0.1) is 17.8 Å². The Morgan fingerprint density at radius 1 is 1.08 bits per heavy atom. The highest BCUT2D eigenvalue weighted by atomic mass is 19.3. The van der Waals surface area contributed by atoms with Crippen LogP contribution in [0.3, 0.4) is 0 Å². The van der Waals surface area contributed by atoms with Crippen molar-refractivity contribution in [1.29, 1.82) is 5.26 Å². The summed E-state index contributed by atoms with van der Waals surface area (Å²) in [6, 6.07) is 10.1. The van der Waals surface area contributed by atoms with Gasteiger partial charge >= 0.3 is 0 Å². The molecule has 6 nitrogen and oxygen atoms in total. The minimum absolute atomic E-state index is 0.219. The van der Waals surface area contributed by atoms with Crippen LogP contribution in [0.2, 0.25) is 0 Å². The molecule has 3 aromatic rings. The van der Waals surface area contributed by atoms with Crippen LogP contribution in [0.1, 0.15) is 5.56 Å². The zero-order chi connectivity index (χ0) is 16.9. The van der Waals surface area contributed by atoms with E-state index in [4.69, 9.17) is 4.42 Å². The first-order valence-electron chi connectivity index (χ1n) is 6.98. The van der Waals surface area contributed by atoms with Crippen LogP contribution in [0.15, 0.2) is 47.1 Å². The van der Waals surface area contributed by atoms with Crippen molar-refractivity contribution in [2.24, 2.45) is 0 Å². The minimum atomic E-state index is -2.50. The van der Waals surface area contributed by atoms with Gasteiger partial charge in [0.2, 0.25) is 11.8 Å². The molecule has 3 rings (SSSR count). The van der Waals surface area contributed by atoms with Crippen molar-refractivity contribution in [3.8, 4) is 29.0 Å². The molecule has 0 aliphatic heterocycles. The number of aromatic nitrogens is 3. The highest BCUT2D eigenvalue weighted by molar-refractivity contribution is 5.67. The predicted octanol–water partition coefficient (Wildman–Crippen LogP) is 3.35. The predicted molar refractivity (Wildman–Crippen MR) is 82.2 cm³/mol. The van der Waals surface area contributed by atoms with E-state index in [-0.39, 0.29) is 11.5 Å². The van der Waals surface area contributed by atoms with Gasteiger partial charge in [0.25, 0.3) is 6.43 Å². The number of benzene rings is 1. The van der Waals surface area contributed by atoms with Crippen molar-refractivity contribution in [2.45, 2.75) is 6.43 Å². The van der Waals surface area contributed by atoms with Crippen LogP contribution in [-0.4, -0.2) is 28.2 Å². The zero-order valence-electron chi connectivity index (χ0n) is 12.3. The van der Waals surface area contributed by atoms with E-state index in [0.717, 1.165) is 5.56 Å². The van der Waals surface area contributed by atoms with E-state index in [2.05, 4.69) is 20.5 Å². The van der Waals surface area contributed by atoms with Crippen molar-refractivity contribution in [3.05, 3.63) is 48.3 Å². The van der Waals surface area contributed by atoms with Crippen molar-refractivity contribution < 1.29 is 13.2 Å². The van der Waals surface area contributed by atoms with Crippen molar-refractivity contribution in [3.63, 3.8) is 0 Å². The summed E-state index contributed by atoms with van der Waals surface area (Å²) in [6.45, 7) is -0.527. The number of halogens is 2. The lowest BCUT2D eigenvalue weighted by Gasteiger charge is -2.08. The van der Waals surface area contributed by atoms with Crippen LogP contribution in [0.25, 0.3) is 22.9 Å². The average Bonchev–Trinajstić information content (AvgIpc) is 3.10. The first kappa shape index (κ1) is 15.6. The Bertz CT molecular complexity index is 874. The number of nitriles is 1. The molecular formula is C16H11F2N5O. The highest BCUT2D eigenvalue weighted by Gasteiger charge is 2.13. The fraction of sp³-hybridized carbons (Fsp3) is 0.125. The molecule has 0 saturated carbocycles. The number of rotatable bonds is 5.